The van der Waals surface area contributed by atoms with Crippen molar-refractivity contribution in [1.82, 2.24) is 0 Å². The minimum Gasteiger partial charge on any atom is -0.395 e. The molecule has 2 nitrogen and oxygen atoms in total. The van der Waals surface area contributed by atoms with E-state index in [0.717, 1.165) is 0 Å². The first-order valence-corrected chi connectivity index (χ1v) is 5.14. The van der Waals surface area contributed by atoms with Gasteiger partial charge in [0.25, 0.3) is 0 Å². The predicted octanol–water partition coefficient (Wildman–Crippen LogP) is 4.79. The van der Waals surface area contributed by atoms with Gasteiger partial charge in [0.1, 0.15) is 0 Å². The van der Waals surface area contributed by atoms with E-state index >= 15 is 0 Å². The lowest BCUT2D eigenvalue weighted by molar-refractivity contribution is -0.443. The summed E-state index contributed by atoms with van der Waals surface area (Å²) < 4.78 is 197. The predicted molar refractivity (Wildman–Crippen MR) is 42.9 cm³/mol. The molecule has 0 aliphatic carbocycles. The lowest BCUT2D eigenvalue weighted by Crippen LogP contribution is -2.68. The maximum atomic E-state index is 13.0. The Kier molecular flexibility index (Phi) is 5.55. The summed E-state index contributed by atoms with van der Waals surface area (Å²) in [5.41, 5.74) is -15.4. The standard InChI is InChI=1S/C8F16O2/c9-2(4(11,12)13,5(14,15)16)1(25)26-8(23,24)3(10,6(17,18)19)7(20,21)22. The molecule has 0 unspecified atom stereocenters. The monoisotopic (exact) mass is 432 g/mol. The molecule has 0 saturated carbocycles. The normalized spacial score (nSPS) is 15.8. The Morgan fingerprint density at radius 1 is 0.500 bits per heavy atom. The van der Waals surface area contributed by atoms with Gasteiger partial charge in [-0.15, -0.1) is 0 Å². The summed E-state index contributed by atoms with van der Waals surface area (Å²) in [6, 6.07) is 0. The third-order valence-electron chi connectivity index (χ3n) is 2.47. The first kappa shape index (κ1) is 24.3. The summed E-state index contributed by atoms with van der Waals surface area (Å²) in [4.78, 5) is 10.5. The van der Waals surface area contributed by atoms with Crippen molar-refractivity contribution >= 4 is 5.97 Å². The molecule has 0 spiro atoms. The van der Waals surface area contributed by atoms with Crippen molar-refractivity contribution in [3.8, 4) is 0 Å². The summed E-state index contributed by atoms with van der Waals surface area (Å²) in [6.45, 7) is 0. The van der Waals surface area contributed by atoms with Crippen LogP contribution in [0.2, 0.25) is 0 Å². The van der Waals surface area contributed by atoms with Gasteiger partial charge in [-0.05, 0) is 0 Å². The van der Waals surface area contributed by atoms with E-state index in [4.69, 9.17) is 0 Å². The number of ether oxygens (including phenoxy) is 1. The minimum absolute atomic E-state index is 1.47. The van der Waals surface area contributed by atoms with Crippen LogP contribution >= 0.6 is 0 Å². The molecule has 0 fully saturated rings. The number of hydrogen-bond donors (Lipinski definition) is 0. The maximum absolute atomic E-state index is 13.0. The SMILES string of the molecule is O=C(OC(F)(F)C(F)(C(F)(F)F)C(F)(F)F)C(F)(C(F)(F)F)C(F)(F)F. The number of alkyl halides is 16. The van der Waals surface area contributed by atoms with Crippen molar-refractivity contribution in [1.29, 1.82) is 0 Å². The molecule has 0 aliphatic rings. The second kappa shape index (κ2) is 5.93. The average Bonchev–Trinajstić information content (AvgIpc) is 2.30. The highest BCUT2D eigenvalue weighted by molar-refractivity contribution is 5.82. The third kappa shape index (κ3) is 3.45. The van der Waals surface area contributed by atoms with Gasteiger partial charge in [-0.25, -0.2) is 13.6 Å². The van der Waals surface area contributed by atoms with Gasteiger partial charge < -0.3 is 4.74 Å². The zero-order valence-electron chi connectivity index (χ0n) is 10.9. The molecule has 0 aromatic heterocycles. The molecular formula is C8F16O2. The lowest BCUT2D eigenvalue weighted by Gasteiger charge is -2.36. The van der Waals surface area contributed by atoms with Gasteiger partial charge in [-0.3, -0.25) is 0 Å². The summed E-state index contributed by atoms with van der Waals surface area (Å²) in [5, 5.41) is 0. The van der Waals surface area contributed by atoms with Crippen molar-refractivity contribution in [3.05, 3.63) is 0 Å². The molecule has 0 heterocycles. The van der Waals surface area contributed by atoms with Crippen molar-refractivity contribution in [2.24, 2.45) is 0 Å². The second-order valence-corrected chi connectivity index (χ2v) is 4.21. The fourth-order valence-corrected chi connectivity index (χ4v) is 1.14. The Labute approximate surface area is 129 Å². The number of rotatable bonds is 3. The van der Waals surface area contributed by atoms with Crippen LogP contribution in [-0.4, -0.2) is 48.1 Å². The fourth-order valence-electron chi connectivity index (χ4n) is 1.14. The molecule has 0 saturated heterocycles. The summed E-state index contributed by atoms with van der Waals surface area (Å²) in [6.07, 6.45) is -38.3. The van der Waals surface area contributed by atoms with Gasteiger partial charge in [-0.1, -0.05) is 0 Å². The fraction of sp³-hybridized carbons (Fsp3) is 0.875. The minimum atomic E-state index is -7.96. The van der Waals surface area contributed by atoms with Crippen LogP contribution in [0.25, 0.3) is 0 Å². The molecule has 0 aliphatic heterocycles. The topological polar surface area (TPSA) is 26.3 Å². The molecule has 0 rings (SSSR count). The van der Waals surface area contributed by atoms with Crippen LogP contribution in [-0.2, 0) is 9.53 Å². The molecule has 0 radical (unpaired) electrons. The first-order valence-electron chi connectivity index (χ1n) is 5.14. The van der Waals surface area contributed by atoms with Crippen LogP contribution in [0, 0.1) is 0 Å². The average molecular weight is 432 g/mol. The molecule has 0 aromatic carbocycles. The van der Waals surface area contributed by atoms with E-state index < -0.39 is 48.1 Å². The summed E-state index contributed by atoms with van der Waals surface area (Å²) in [5.74, 6) is -5.00. The van der Waals surface area contributed by atoms with E-state index in [-0.39, 0.29) is 0 Å². The quantitative estimate of drug-likeness (QED) is 0.474. The van der Waals surface area contributed by atoms with Crippen molar-refractivity contribution in [3.63, 3.8) is 0 Å². The Bertz CT molecular complexity index is 504. The lowest BCUT2D eigenvalue weighted by atomic mass is 10.0. The Hall–Kier alpha value is -1.65. The highest BCUT2D eigenvalue weighted by atomic mass is 19.4. The van der Waals surface area contributed by atoms with Crippen LogP contribution in [0.5, 0.6) is 0 Å². The molecule has 0 bridgehead atoms. The van der Waals surface area contributed by atoms with Gasteiger partial charge in [0, 0.05) is 0 Å². The molecule has 0 aromatic rings. The molecule has 0 N–H and O–H groups in total. The maximum Gasteiger partial charge on any atom is 0.454 e. The highest BCUT2D eigenvalue weighted by Crippen LogP contribution is 2.56. The Morgan fingerprint density at radius 3 is 0.962 bits per heavy atom. The van der Waals surface area contributed by atoms with E-state index in [1.807, 2.05) is 0 Å². The van der Waals surface area contributed by atoms with Crippen molar-refractivity contribution < 1.29 is 79.8 Å². The van der Waals surface area contributed by atoms with Crippen molar-refractivity contribution in [2.75, 3.05) is 0 Å². The number of carbonyl (C=O) groups is 1. The van der Waals surface area contributed by atoms with Crippen LogP contribution in [0.1, 0.15) is 0 Å². The zero-order chi connectivity index (χ0) is 21.8. The number of esters is 1. The number of halogens is 16. The molecule has 0 atom stereocenters. The van der Waals surface area contributed by atoms with Gasteiger partial charge in [0.05, 0.1) is 0 Å². The van der Waals surface area contributed by atoms with Gasteiger partial charge in [-0.2, -0.15) is 61.5 Å². The van der Waals surface area contributed by atoms with E-state index in [2.05, 4.69) is 0 Å². The molecule has 156 valence electrons. The van der Waals surface area contributed by atoms with Crippen molar-refractivity contribution in [2.45, 2.75) is 42.2 Å². The molecule has 18 heteroatoms. The van der Waals surface area contributed by atoms with E-state index in [9.17, 15) is 75.0 Å². The smallest absolute Gasteiger partial charge is 0.395 e. The first-order chi connectivity index (χ1) is 10.9. The zero-order valence-corrected chi connectivity index (χ0v) is 10.9. The Morgan fingerprint density at radius 2 is 0.769 bits per heavy atom. The third-order valence-corrected chi connectivity index (χ3v) is 2.47. The van der Waals surface area contributed by atoms with Gasteiger partial charge in [0.15, 0.2) is 0 Å². The van der Waals surface area contributed by atoms with Crippen LogP contribution in [0.4, 0.5) is 70.2 Å². The van der Waals surface area contributed by atoms with Gasteiger partial charge in [0.2, 0.25) is 0 Å². The Balaban J connectivity index is 6.34. The van der Waals surface area contributed by atoms with E-state index in [1.54, 1.807) is 0 Å². The molecule has 0 amide bonds. The molecular weight excluding hydrogens is 432 g/mol. The second-order valence-electron chi connectivity index (χ2n) is 4.21. The number of carbonyl (C=O) groups excluding carboxylic acids is 1. The van der Waals surface area contributed by atoms with Crippen LogP contribution < -0.4 is 0 Å². The highest BCUT2D eigenvalue weighted by Gasteiger charge is 2.88. The largest absolute Gasteiger partial charge is 0.454 e. The number of hydrogen-bond acceptors (Lipinski definition) is 2. The van der Waals surface area contributed by atoms with E-state index in [0.29, 0.717) is 0 Å². The van der Waals surface area contributed by atoms with Gasteiger partial charge >= 0.3 is 48.1 Å². The summed E-state index contributed by atoms with van der Waals surface area (Å²) >= 11 is 0. The molecule has 26 heavy (non-hydrogen) atoms. The van der Waals surface area contributed by atoms with Crippen LogP contribution in [0.3, 0.4) is 0 Å². The van der Waals surface area contributed by atoms with Crippen LogP contribution in [0.15, 0.2) is 0 Å². The summed E-state index contributed by atoms with van der Waals surface area (Å²) in [7, 11) is 0. The van der Waals surface area contributed by atoms with E-state index in [1.165, 1.54) is 4.74 Å².